The summed E-state index contributed by atoms with van der Waals surface area (Å²) in [5.41, 5.74) is 3.73. The minimum atomic E-state index is -3.76. The summed E-state index contributed by atoms with van der Waals surface area (Å²) in [6.45, 7) is 0. The number of amides is 1. The number of aryl methyl sites for hydroxylation is 1. The third-order valence-corrected chi connectivity index (χ3v) is 7.40. The zero-order valence-electron chi connectivity index (χ0n) is 15.8. The van der Waals surface area contributed by atoms with Crippen molar-refractivity contribution >= 4 is 48.9 Å². The van der Waals surface area contributed by atoms with E-state index in [4.69, 9.17) is 0 Å². The van der Waals surface area contributed by atoms with Crippen LogP contribution in [-0.2, 0) is 21.2 Å². The van der Waals surface area contributed by atoms with Crippen LogP contribution in [0.2, 0.25) is 0 Å². The monoisotopic (exact) mass is 435 g/mol. The Hall–Kier alpha value is -3.23. The Balaban J connectivity index is 1.44. The van der Waals surface area contributed by atoms with Gasteiger partial charge in [-0.2, -0.15) is 0 Å². The quantitative estimate of drug-likeness (QED) is 0.488. The Morgan fingerprint density at radius 1 is 0.967 bits per heavy atom. The van der Waals surface area contributed by atoms with Gasteiger partial charge in [-0.1, -0.05) is 24.3 Å². The van der Waals surface area contributed by atoms with Crippen molar-refractivity contribution in [2.24, 2.45) is 0 Å². The van der Waals surface area contributed by atoms with Crippen LogP contribution in [0.25, 0.3) is 20.8 Å². The van der Waals surface area contributed by atoms with Gasteiger partial charge >= 0.3 is 0 Å². The number of para-hydroxylation sites is 1. The number of fused-ring (bicyclic) bond motifs is 2. The molecule has 1 aromatic heterocycles. The van der Waals surface area contributed by atoms with Crippen LogP contribution in [0.4, 0.5) is 11.4 Å². The normalized spacial score (nSPS) is 13.7. The average molecular weight is 436 g/mol. The van der Waals surface area contributed by atoms with Gasteiger partial charge in [0.25, 0.3) is 10.0 Å². The van der Waals surface area contributed by atoms with Crippen LogP contribution >= 0.6 is 11.3 Å². The van der Waals surface area contributed by atoms with Crippen LogP contribution in [0.3, 0.4) is 0 Å². The van der Waals surface area contributed by atoms with E-state index in [0.29, 0.717) is 24.2 Å². The second-order valence-electron chi connectivity index (χ2n) is 7.04. The molecule has 0 atom stereocenters. The lowest BCUT2D eigenvalue weighted by atomic mass is 10.0. The van der Waals surface area contributed by atoms with E-state index < -0.39 is 10.0 Å². The van der Waals surface area contributed by atoms with E-state index in [9.17, 15) is 13.2 Å². The maximum atomic E-state index is 12.9. The Morgan fingerprint density at radius 2 is 1.83 bits per heavy atom. The van der Waals surface area contributed by atoms with Gasteiger partial charge in [-0.3, -0.25) is 9.52 Å². The zero-order valence-corrected chi connectivity index (χ0v) is 17.4. The number of benzene rings is 3. The van der Waals surface area contributed by atoms with Crippen molar-refractivity contribution < 1.29 is 13.2 Å². The van der Waals surface area contributed by atoms with Gasteiger partial charge in [0, 0.05) is 23.4 Å². The maximum Gasteiger partial charge on any atom is 0.261 e. The van der Waals surface area contributed by atoms with Gasteiger partial charge in [0.15, 0.2) is 0 Å². The van der Waals surface area contributed by atoms with Crippen molar-refractivity contribution in [3.05, 3.63) is 72.3 Å². The highest BCUT2D eigenvalue weighted by Crippen LogP contribution is 2.32. The number of nitrogens with one attached hydrogen (secondary N) is 2. The van der Waals surface area contributed by atoms with Crippen molar-refractivity contribution in [3.8, 4) is 10.6 Å². The predicted molar refractivity (Wildman–Crippen MR) is 119 cm³/mol. The zero-order chi connectivity index (χ0) is 20.7. The summed E-state index contributed by atoms with van der Waals surface area (Å²) < 4.78 is 29.6. The van der Waals surface area contributed by atoms with E-state index in [1.54, 1.807) is 35.6 Å². The number of carbonyl (C=O) groups excluding carboxylic acids is 1. The number of hydrogen-bond acceptors (Lipinski definition) is 5. The molecule has 0 aliphatic carbocycles. The van der Waals surface area contributed by atoms with Gasteiger partial charge in [0.1, 0.15) is 5.01 Å². The first kappa shape index (κ1) is 18.8. The highest BCUT2D eigenvalue weighted by atomic mass is 32.2. The van der Waals surface area contributed by atoms with E-state index in [2.05, 4.69) is 15.0 Å². The van der Waals surface area contributed by atoms with Gasteiger partial charge in [-0.25, -0.2) is 13.4 Å². The number of aromatic nitrogens is 1. The minimum absolute atomic E-state index is 0.0529. The van der Waals surface area contributed by atoms with Crippen LogP contribution < -0.4 is 10.0 Å². The molecule has 0 bridgehead atoms. The number of anilines is 2. The number of carbonyl (C=O) groups is 1. The van der Waals surface area contributed by atoms with Gasteiger partial charge in [-0.05, 0) is 54.4 Å². The van der Waals surface area contributed by atoms with Crippen LogP contribution in [0.15, 0.2) is 71.6 Å². The summed E-state index contributed by atoms with van der Waals surface area (Å²) in [6.07, 6.45) is 0.881. The predicted octanol–water partition coefficient (Wildman–Crippen LogP) is 4.65. The van der Waals surface area contributed by atoms with Gasteiger partial charge in [0.2, 0.25) is 5.91 Å². The molecule has 2 N–H and O–H groups in total. The summed E-state index contributed by atoms with van der Waals surface area (Å²) in [5.74, 6) is -0.0529. The molecular formula is C22H17N3O3S2. The topological polar surface area (TPSA) is 88.2 Å². The molecule has 0 saturated heterocycles. The third-order valence-electron chi connectivity index (χ3n) is 4.94. The Bertz CT molecular complexity index is 1360. The summed E-state index contributed by atoms with van der Waals surface area (Å²) in [4.78, 5) is 16.3. The molecule has 0 radical (unpaired) electrons. The van der Waals surface area contributed by atoms with Crippen LogP contribution in [0.5, 0.6) is 0 Å². The Kier molecular flexibility index (Phi) is 4.52. The van der Waals surface area contributed by atoms with E-state index >= 15 is 0 Å². The summed E-state index contributed by atoms with van der Waals surface area (Å²) in [7, 11) is -3.76. The lowest BCUT2D eigenvalue weighted by Crippen LogP contribution is -2.20. The second-order valence-corrected chi connectivity index (χ2v) is 9.75. The van der Waals surface area contributed by atoms with Crippen molar-refractivity contribution in [2.75, 3.05) is 10.0 Å². The first-order valence-electron chi connectivity index (χ1n) is 9.40. The molecule has 8 heteroatoms. The molecule has 0 fully saturated rings. The van der Waals surface area contributed by atoms with Crippen LogP contribution in [0.1, 0.15) is 12.0 Å². The number of nitrogens with zero attached hydrogens (tertiary/aromatic N) is 1. The lowest BCUT2D eigenvalue weighted by Gasteiger charge is -2.18. The van der Waals surface area contributed by atoms with Crippen LogP contribution in [-0.4, -0.2) is 19.3 Å². The number of thiazole rings is 1. The minimum Gasteiger partial charge on any atom is -0.326 e. The van der Waals surface area contributed by atoms with E-state index in [1.807, 2.05) is 36.4 Å². The Labute approximate surface area is 177 Å². The number of hydrogen-bond donors (Lipinski definition) is 2. The molecule has 2 heterocycles. The van der Waals surface area contributed by atoms with Gasteiger partial charge in [0.05, 0.1) is 15.1 Å². The molecule has 6 nitrogen and oxygen atoms in total. The molecular weight excluding hydrogens is 418 g/mol. The van der Waals surface area contributed by atoms with Crippen molar-refractivity contribution in [2.45, 2.75) is 17.7 Å². The largest absolute Gasteiger partial charge is 0.326 e. The molecule has 3 aromatic carbocycles. The molecule has 30 heavy (non-hydrogen) atoms. The highest BCUT2D eigenvalue weighted by molar-refractivity contribution is 7.92. The average Bonchev–Trinajstić information content (AvgIpc) is 3.17. The fourth-order valence-electron chi connectivity index (χ4n) is 3.45. The fourth-order valence-corrected chi connectivity index (χ4v) is 5.51. The van der Waals surface area contributed by atoms with Crippen molar-refractivity contribution in [3.63, 3.8) is 0 Å². The summed E-state index contributed by atoms with van der Waals surface area (Å²) >= 11 is 1.57. The molecule has 0 spiro atoms. The first-order valence-corrected chi connectivity index (χ1v) is 11.7. The number of rotatable bonds is 4. The molecule has 1 aliphatic heterocycles. The standard InChI is InChI=1S/C22H17N3O3S2/c26-21-11-8-14-13-17(9-10-18(14)23-21)30(27,28)25-16-5-3-4-15(12-16)22-24-19-6-1-2-7-20(19)29-22/h1-7,9-10,12-13,25H,8,11H2,(H,23,26). The van der Waals surface area contributed by atoms with E-state index in [0.717, 1.165) is 26.4 Å². The van der Waals surface area contributed by atoms with Crippen LogP contribution in [0, 0.1) is 0 Å². The molecule has 5 rings (SSSR count). The summed E-state index contributed by atoms with van der Waals surface area (Å²) in [6, 6.07) is 19.9. The SMILES string of the molecule is O=C1CCc2cc(S(=O)(=O)Nc3cccc(-c4nc5ccccc5s4)c3)ccc2N1. The molecule has 0 saturated carbocycles. The highest BCUT2D eigenvalue weighted by Gasteiger charge is 2.20. The van der Waals surface area contributed by atoms with Crippen molar-refractivity contribution in [1.29, 1.82) is 0 Å². The molecule has 1 aliphatic rings. The molecule has 150 valence electrons. The van der Waals surface area contributed by atoms with Gasteiger partial charge in [-0.15, -0.1) is 11.3 Å². The summed E-state index contributed by atoms with van der Waals surface area (Å²) in [5, 5.41) is 3.60. The first-order chi connectivity index (χ1) is 14.5. The lowest BCUT2D eigenvalue weighted by molar-refractivity contribution is -0.116. The number of sulfonamides is 1. The van der Waals surface area contributed by atoms with E-state index in [1.165, 1.54) is 6.07 Å². The van der Waals surface area contributed by atoms with Crippen molar-refractivity contribution in [1.82, 2.24) is 4.98 Å². The third kappa shape index (κ3) is 3.55. The Morgan fingerprint density at radius 3 is 2.70 bits per heavy atom. The maximum absolute atomic E-state index is 12.9. The smallest absolute Gasteiger partial charge is 0.261 e. The fraction of sp³-hybridized carbons (Fsp3) is 0.0909. The van der Waals surface area contributed by atoms with E-state index in [-0.39, 0.29) is 10.8 Å². The van der Waals surface area contributed by atoms with Gasteiger partial charge < -0.3 is 5.32 Å². The molecule has 1 amide bonds. The second kappa shape index (κ2) is 7.23. The molecule has 0 unspecified atom stereocenters. The molecule has 4 aromatic rings.